The van der Waals surface area contributed by atoms with E-state index in [0.717, 1.165) is 0 Å². The second kappa shape index (κ2) is 4.96. The number of rotatable bonds is 4. The normalized spacial score (nSPS) is 16.5. The third-order valence-corrected chi connectivity index (χ3v) is 4.62. The van der Waals surface area contributed by atoms with Gasteiger partial charge < -0.3 is 5.21 Å². The second-order valence-corrected chi connectivity index (χ2v) is 7.06. The van der Waals surface area contributed by atoms with Crippen LogP contribution in [0.3, 0.4) is 0 Å². The molecule has 0 saturated carbocycles. The molecule has 0 fully saturated rings. The molecule has 0 aliphatic carbocycles. The fourth-order valence-electron chi connectivity index (χ4n) is 1.52. The summed E-state index contributed by atoms with van der Waals surface area (Å²) in [6.07, 6.45) is 0.437. The third kappa shape index (κ3) is 3.48. The van der Waals surface area contributed by atoms with Crippen LogP contribution in [0.5, 0.6) is 0 Å². The molecule has 1 N–H and O–H groups in total. The highest BCUT2D eigenvalue weighted by Gasteiger charge is 2.34. The summed E-state index contributed by atoms with van der Waals surface area (Å²) in [5, 5.41) is 11.5. The molecule has 0 saturated heterocycles. The maximum absolute atomic E-state index is 11.8. The molecule has 0 aromatic carbocycles. The molecule has 1 atom stereocenters. The average Bonchev–Trinajstić information content (AvgIpc) is 2.11. The van der Waals surface area contributed by atoms with Crippen molar-refractivity contribution < 1.29 is 13.6 Å². The lowest BCUT2D eigenvalue weighted by Crippen LogP contribution is -2.38. The summed E-state index contributed by atoms with van der Waals surface area (Å²) in [5.74, 6) is 0.0700. The molecule has 0 radical (unpaired) electrons. The van der Waals surface area contributed by atoms with Crippen LogP contribution < -0.4 is 0 Å². The van der Waals surface area contributed by atoms with Crippen LogP contribution in [0.2, 0.25) is 0 Å². The van der Waals surface area contributed by atoms with Gasteiger partial charge in [0.1, 0.15) is 5.25 Å². The summed E-state index contributed by atoms with van der Waals surface area (Å²) in [6.45, 7) is 8.92. The van der Waals surface area contributed by atoms with E-state index in [4.69, 9.17) is 5.21 Å². The van der Waals surface area contributed by atoms with E-state index in [-0.39, 0.29) is 5.75 Å². The van der Waals surface area contributed by atoms with Crippen LogP contribution in [0.1, 0.15) is 41.0 Å². The predicted octanol–water partition coefficient (Wildman–Crippen LogP) is 2.08. The van der Waals surface area contributed by atoms with Crippen LogP contribution in [0.15, 0.2) is 5.16 Å². The summed E-state index contributed by atoms with van der Waals surface area (Å²) >= 11 is 0. The van der Waals surface area contributed by atoms with Gasteiger partial charge in [-0.15, -0.1) is 0 Å². The average molecular weight is 235 g/mol. The Kier molecular flexibility index (Phi) is 4.77. The van der Waals surface area contributed by atoms with Gasteiger partial charge in [0.2, 0.25) is 0 Å². The van der Waals surface area contributed by atoms with Crippen LogP contribution >= 0.6 is 0 Å². The first-order valence-corrected chi connectivity index (χ1v) is 6.86. The molecule has 5 heteroatoms. The zero-order valence-electron chi connectivity index (χ0n) is 10.1. The molecule has 0 aliphatic heterocycles. The maximum Gasteiger partial charge on any atom is 0.158 e. The summed E-state index contributed by atoms with van der Waals surface area (Å²) in [4.78, 5) is 0. The Morgan fingerprint density at radius 3 is 2.00 bits per heavy atom. The standard InChI is InChI=1S/C10H21NO3S/c1-6-8(15(13,14)7-2)9(11-12)10(3,4)5/h8,12H,6-7H2,1-5H3/b11-9-. The second-order valence-electron chi connectivity index (χ2n) is 4.58. The first-order chi connectivity index (χ1) is 6.70. The SMILES string of the molecule is CCC(/C(=N/O)C(C)(C)C)S(=O)(=O)CC. The Morgan fingerprint density at radius 1 is 1.33 bits per heavy atom. The van der Waals surface area contributed by atoms with Crippen molar-refractivity contribution in [2.24, 2.45) is 10.6 Å². The summed E-state index contributed by atoms with van der Waals surface area (Å²) in [5.41, 5.74) is -0.0932. The molecule has 0 rings (SSSR count). The van der Waals surface area contributed by atoms with E-state index in [0.29, 0.717) is 12.1 Å². The van der Waals surface area contributed by atoms with Gasteiger partial charge in [-0.25, -0.2) is 8.42 Å². The minimum atomic E-state index is -3.20. The lowest BCUT2D eigenvalue weighted by Gasteiger charge is -2.26. The minimum Gasteiger partial charge on any atom is -0.411 e. The highest BCUT2D eigenvalue weighted by molar-refractivity contribution is 7.92. The van der Waals surface area contributed by atoms with Crippen molar-refractivity contribution in [2.75, 3.05) is 5.75 Å². The fraction of sp³-hybridized carbons (Fsp3) is 0.900. The van der Waals surface area contributed by atoms with Crippen LogP contribution in [-0.4, -0.2) is 30.3 Å². The summed E-state index contributed by atoms with van der Waals surface area (Å²) in [7, 11) is -3.20. The largest absolute Gasteiger partial charge is 0.411 e. The van der Waals surface area contributed by atoms with Gasteiger partial charge >= 0.3 is 0 Å². The first kappa shape index (κ1) is 14.4. The monoisotopic (exact) mass is 235 g/mol. The molecule has 0 amide bonds. The Morgan fingerprint density at radius 2 is 1.80 bits per heavy atom. The van der Waals surface area contributed by atoms with Gasteiger partial charge in [-0.1, -0.05) is 39.8 Å². The van der Waals surface area contributed by atoms with Gasteiger partial charge in [0, 0.05) is 11.2 Å². The summed E-state index contributed by atoms with van der Waals surface area (Å²) < 4.78 is 23.6. The number of hydrogen-bond acceptors (Lipinski definition) is 4. The molecule has 4 nitrogen and oxygen atoms in total. The van der Waals surface area contributed by atoms with E-state index in [1.807, 2.05) is 20.8 Å². The van der Waals surface area contributed by atoms with Crippen LogP contribution in [0.25, 0.3) is 0 Å². The van der Waals surface area contributed by atoms with Crippen molar-refractivity contribution in [1.29, 1.82) is 0 Å². The Hall–Kier alpha value is -0.580. The van der Waals surface area contributed by atoms with Crippen LogP contribution in [0, 0.1) is 5.41 Å². The van der Waals surface area contributed by atoms with Crippen molar-refractivity contribution in [3.63, 3.8) is 0 Å². The van der Waals surface area contributed by atoms with E-state index in [1.54, 1.807) is 13.8 Å². The van der Waals surface area contributed by atoms with E-state index in [9.17, 15) is 8.42 Å². The van der Waals surface area contributed by atoms with Crippen molar-refractivity contribution in [1.82, 2.24) is 0 Å². The molecule has 0 aromatic heterocycles. The van der Waals surface area contributed by atoms with Crippen molar-refractivity contribution in [3.8, 4) is 0 Å². The van der Waals surface area contributed by atoms with Crippen LogP contribution in [-0.2, 0) is 9.84 Å². The molecule has 0 spiro atoms. The van der Waals surface area contributed by atoms with E-state index in [2.05, 4.69) is 5.16 Å². The molecule has 90 valence electrons. The summed E-state index contributed by atoms with van der Waals surface area (Å²) in [6, 6.07) is 0. The molecule has 15 heavy (non-hydrogen) atoms. The molecule has 0 aliphatic rings. The number of oxime groups is 1. The lowest BCUT2D eigenvalue weighted by molar-refractivity contribution is 0.308. The third-order valence-electron chi connectivity index (χ3n) is 2.39. The van der Waals surface area contributed by atoms with Crippen molar-refractivity contribution >= 4 is 15.5 Å². The number of sulfone groups is 1. The molecule has 1 unspecified atom stereocenters. The van der Waals surface area contributed by atoms with E-state index < -0.39 is 20.5 Å². The zero-order valence-corrected chi connectivity index (χ0v) is 10.9. The topological polar surface area (TPSA) is 66.7 Å². The van der Waals surface area contributed by atoms with E-state index >= 15 is 0 Å². The molecule has 0 aromatic rings. The Bertz CT molecular complexity index is 325. The maximum atomic E-state index is 11.8. The van der Waals surface area contributed by atoms with E-state index in [1.165, 1.54) is 0 Å². The lowest BCUT2D eigenvalue weighted by atomic mass is 9.87. The van der Waals surface area contributed by atoms with Crippen LogP contribution in [0.4, 0.5) is 0 Å². The van der Waals surface area contributed by atoms with Gasteiger partial charge in [-0.05, 0) is 6.42 Å². The Balaban J connectivity index is 5.33. The van der Waals surface area contributed by atoms with Gasteiger partial charge in [-0.3, -0.25) is 0 Å². The smallest absolute Gasteiger partial charge is 0.158 e. The van der Waals surface area contributed by atoms with Gasteiger partial charge in [-0.2, -0.15) is 0 Å². The zero-order chi connectivity index (χ0) is 12.3. The van der Waals surface area contributed by atoms with Gasteiger partial charge in [0.05, 0.1) is 5.71 Å². The quantitative estimate of drug-likeness (QED) is 0.461. The molecular weight excluding hydrogens is 214 g/mol. The molecule has 0 bridgehead atoms. The van der Waals surface area contributed by atoms with Crippen molar-refractivity contribution in [3.05, 3.63) is 0 Å². The van der Waals surface area contributed by atoms with Gasteiger partial charge in [0.15, 0.2) is 9.84 Å². The number of nitrogens with zero attached hydrogens (tertiary/aromatic N) is 1. The number of hydrogen-bond donors (Lipinski definition) is 1. The highest BCUT2D eigenvalue weighted by atomic mass is 32.2. The first-order valence-electron chi connectivity index (χ1n) is 5.14. The highest BCUT2D eigenvalue weighted by Crippen LogP contribution is 2.24. The minimum absolute atomic E-state index is 0.0700. The van der Waals surface area contributed by atoms with Gasteiger partial charge in [0.25, 0.3) is 0 Å². The fourth-order valence-corrected chi connectivity index (χ4v) is 3.17. The molecule has 0 heterocycles. The van der Waals surface area contributed by atoms with Crippen molar-refractivity contribution in [2.45, 2.75) is 46.3 Å². The molecular formula is C10H21NO3S. The predicted molar refractivity (Wildman–Crippen MR) is 62.2 cm³/mol. The Labute approximate surface area is 92.3 Å².